The molecule has 2 N–H and O–H groups in total. The van der Waals surface area contributed by atoms with Gasteiger partial charge >= 0.3 is 6.18 Å². The molecule has 0 bridgehead atoms. The number of hydrogen-bond acceptors (Lipinski definition) is 4. The Morgan fingerprint density at radius 2 is 1.63 bits per heavy atom. The molecule has 156 valence electrons. The molecule has 2 aromatic carbocycles. The lowest BCUT2D eigenvalue weighted by Crippen LogP contribution is -2.17. The molecule has 4 rings (SSSR count). The number of hydrogen-bond donors (Lipinski definition) is 2. The molecule has 30 heavy (non-hydrogen) atoms. The second-order valence-corrected chi connectivity index (χ2v) is 7.24. The average molecular weight is 416 g/mol. The molecule has 0 unspecified atom stereocenters. The van der Waals surface area contributed by atoms with Crippen LogP contribution in [0.3, 0.4) is 0 Å². The number of aromatic nitrogens is 2. The van der Waals surface area contributed by atoms with Gasteiger partial charge in [0.1, 0.15) is 11.6 Å². The van der Waals surface area contributed by atoms with Crippen molar-refractivity contribution in [2.75, 3.05) is 10.6 Å². The van der Waals surface area contributed by atoms with E-state index < -0.39 is 23.2 Å². The van der Waals surface area contributed by atoms with E-state index in [0.29, 0.717) is 11.6 Å². The van der Waals surface area contributed by atoms with Gasteiger partial charge in [-0.25, -0.2) is 9.37 Å². The van der Waals surface area contributed by atoms with Crippen molar-refractivity contribution in [1.82, 2.24) is 9.97 Å². The van der Waals surface area contributed by atoms with Crippen molar-refractivity contribution < 1.29 is 17.6 Å². The van der Waals surface area contributed by atoms with Crippen molar-refractivity contribution in [3.63, 3.8) is 0 Å². The summed E-state index contributed by atoms with van der Waals surface area (Å²) < 4.78 is 54.4. The van der Waals surface area contributed by atoms with Crippen molar-refractivity contribution in [3.05, 3.63) is 66.0 Å². The lowest BCUT2D eigenvalue weighted by Gasteiger charge is -2.17. The van der Waals surface area contributed by atoms with Crippen molar-refractivity contribution in [2.45, 2.75) is 37.9 Å². The Hall–Kier alpha value is -3.16. The van der Waals surface area contributed by atoms with Crippen LogP contribution in [-0.4, -0.2) is 16.0 Å². The van der Waals surface area contributed by atoms with Crippen molar-refractivity contribution >= 4 is 17.5 Å². The fraction of sp³-hybridized carbons (Fsp3) is 0.273. The van der Waals surface area contributed by atoms with E-state index in [9.17, 15) is 17.6 Å². The third kappa shape index (κ3) is 4.53. The number of nitrogens with one attached hydrogen (secondary N) is 2. The van der Waals surface area contributed by atoms with Gasteiger partial charge in [-0.2, -0.15) is 18.2 Å². The minimum atomic E-state index is -4.70. The van der Waals surface area contributed by atoms with Gasteiger partial charge in [0.2, 0.25) is 5.95 Å². The fourth-order valence-electron chi connectivity index (χ4n) is 3.60. The lowest BCUT2D eigenvalue weighted by molar-refractivity contribution is -0.137. The average Bonchev–Trinajstić information content (AvgIpc) is 3.22. The van der Waals surface area contributed by atoms with E-state index in [1.54, 1.807) is 0 Å². The third-order valence-corrected chi connectivity index (χ3v) is 5.06. The highest BCUT2D eigenvalue weighted by molar-refractivity contribution is 5.69. The summed E-state index contributed by atoms with van der Waals surface area (Å²) >= 11 is 0. The Kier molecular flexibility index (Phi) is 5.57. The SMILES string of the molecule is Fc1cccc(C(F)(F)F)c1Nc1cc(-c2ccccc2)nc(NC2CCCC2)n1. The molecule has 1 fully saturated rings. The van der Waals surface area contributed by atoms with Gasteiger partial charge in [-0.3, -0.25) is 0 Å². The zero-order chi connectivity index (χ0) is 21.1. The Labute approximate surface area is 171 Å². The summed E-state index contributed by atoms with van der Waals surface area (Å²) in [6, 6.07) is 13.8. The van der Waals surface area contributed by atoms with Gasteiger partial charge < -0.3 is 10.6 Å². The first kappa shape index (κ1) is 20.1. The van der Waals surface area contributed by atoms with Gasteiger partial charge in [-0.1, -0.05) is 49.2 Å². The molecular formula is C22H20F4N4. The van der Waals surface area contributed by atoms with Crippen LogP contribution >= 0.6 is 0 Å². The third-order valence-electron chi connectivity index (χ3n) is 5.06. The van der Waals surface area contributed by atoms with Crippen LogP contribution in [0.1, 0.15) is 31.2 Å². The van der Waals surface area contributed by atoms with E-state index >= 15 is 0 Å². The minimum Gasteiger partial charge on any atom is -0.351 e. The largest absolute Gasteiger partial charge is 0.418 e. The zero-order valence-electron chi connectivity index (χ0n) is 16.0. The number of alkyl halides is 3. The predicted molar refractivity (Wildman–Crippen MR) is 108 cm³/mol. The summed E-state index contributed by atoms with van der Waals surface area (Å²) in [7, 11) is 0. The summed E-state index contributed by atoms with van der Waals surface area (Å²) in [5, 5.41) is 5.80. The summed E-state index contributed by atoms with van der Waals surface area (Å²) in [4.78, 5) is 8.84. The van der Waals surface area contributed by atoms with Gasteiger partial charge in [0, 0.05) is 17.7 Å². The number of halogens is 4. The van der Waals surface area contributed by atoms with Gasteiger partial charge in [0.05, 0.1) is 16.9 Å². The quantitative estimate of drug-likeness (QED) is 0.473. The van der Waals surface area contributed by atoms with Crippen LogP contribution in [0.25, 0.3) is 11.3 Å². The molecule has 0 aliphatic heterocycles. The molecule has 0 amide bonds. The fourth-order valence-corrected chi connectivity index (χ4v) is 3.60. The highest BCUT2D eigenvalue weighted by atomic mass is 19.4. The molecule has 1 saturated carbocycles. The van der Waals surface area contributed by atoms with E-state index in [1.165, 1.54) is 6.07 Å². The summed E-state index contributed by atoms with van der Waals surface area (Å²) in [5.41, 5.74) is -0.442. The number of para-hydroxylation sites is 1. The van der Waals surface area contributed by atoms with Gasteiger partial charge in [-0.15, -0.1) is 0 Å². The van der Waals surface area contributed by atoms with Crippen molar-refractivity contribution in [2.24, 2.45) is 0 Å². The van der Waals surface area contributed by atoms with Crippen LogP contribution in [0.15, 0.2) is 54.6 Å². The van der Waals surface area contributed by atoms with Gasteiger partial charge in [-0.05, 0) is 25.0 Å². The molecule has 8 heteroatoms. The first-order valence-corrected chi connectivity index (χ1v) is 9.74. The molecule has 1 aliphatic rings. The van der Waals surface area contributed by atoms with Crippen LogP contribution < -0.4 is 10.6 Å². The molecule has 0 radical (unpaired) electrons. The highest BCUT2D eigenvalue weighted by Gasteiger charge is 2.35. The van der Waals surface area contributed by atoms with Crippen LogP contribution in [0, 0.1) is 5.82 Å². The number of rotatable bonds is 5. The normalized spacial score (nSPS) is 14.7. The molecular weight excluding hydrogens is 396 g/mol. The molecule has 1 aliphatic carbocycles. The van der Waals surface area contributed by atoms with Crippen molar-refractivity contribution in [1.29, 1.82) is 0 Å². The number of benzene rings is 2. The van der Waals surface area contributed by atoms with E-state index in [4.69, 9.17) is 0 Å². The van der Waals surface area contributed by atoms with Crippen LogP contribution in [-0.2, 0) is 6.18 Å². The van der Waals surface area contributed by atoms with E-state index in [0.717, 1.165) is 49.4 Å². The first-order chi connectivity index (χ1) is 14.4. The first-order valence-electron chi connectivity index (χ1n) is 9.74. The molecule has 0 saturated heterocycles. The number of anilines is 3. The van der Waals surface area contributed by atoms with Crippen LogP contribution in [0.5, 0.6) is 0 Å². The Bertz CT molecular complexity index is 1020. The standard InChI is InChI=1S/C22H20F4N4/c23-17-12-6-11-16(22(24,25)26)20(17)29-19-13-18(14-7-2-1-3-8-14)28-21(30-19)27-15-9-4-5-10-15/h1-3,6-8,11-13,15H,4-5,9-10H2,(H2,27,28,29,30). The maximum absolute atomic E-state index is 14.3. The van der Waals surface area contributed by atoms with E-state index in [2.05, 4.69) is 20.6 Å². The van der Waals surface area contributed by atoms with Crippen LogP contribution in [0.4, 0.5) is 35.0 Å². The maximum Gasteiger partial charge on any atom is 0.418 e. The summed E-state index contributed by atoms with van der Waals surface area (Å²) in [5.74, 6) is -0.620. The highest BCUT2D eigenvalue weighted by Crippen LogP contribution is 2.37. The molecule has 0 spiro atoms. The second kappa shape index (κ2) is 8.30. The molecule has 1 aromatic heterocycles. The van der Waals surface area contributed by atoms with E-state index in [-0.39, 0.29) is 11.9 Å². The zero-order valence-corrected chi connectivity index (χ0v) is 16.0. The monoisotopic (exact) mass is 416 g/mol. The van der Waals surface area contributed by atoms with E-state index in [1.807, 2.05) is 30.3 Å². The minimum absolute atomic E-state index is 0.0833. The summed E-state index contributed by atoms with van der Waals surface area (Å²) in [6.45, 7) is 0. The predicted octanol–water partition coefficient (Wildman–Crippen LogP) is 6.40. The second-order valence-electron chi connectivity index (χ2n) is 7.24. The maximum atomic E-state index is 14.3. The summed E-state index contributed by atoms with van der Waals surface area (Å²) in [6.07, 6.45) is -0.540. The molecule has 3 aromatic rings. The topological polar surface area (TPSA) is 49.8 Å². The van der Waals surface area contributed by atoms with Gasteiger partial charge in [0.25, 0.3) is 0 Å². The Morgan fingerprint density at radius 1 is 0.900 bits per heavy atom. The molecule has 4 nitrogen and oxygen atoms in total. The Balaban J connectivity index is 1.74. The lowest BCUT2D eigenvalue weighted by atomic mass is 10.1. The molecule has 1 heterocycles. The van der Waals surface area contributed by atoms with Gasteiger partial charge in [0.15, 0.2) is 0 Å². The molecule has 0 atom stereocenters. The Morgan fingerprint density at radius 3 is 2.33 bits per heavy atom. The van der Waals surface area contributed by atoms with Crippen molar-refractivity contribution in [3.8, 4) is 11.3 Å². The number of nitrogens with zero attached hydrogens (tertiary/aromatic N) is 2. The van der Waals surface area contributed by atoms with Crippen LogP contribution in [0.2, 0.25) is 0 Å². The smallest absolute Gasteiger partial charge is 0.351 e.